The molecular formula is C16H22BrN4O4+. The quantitative estimate of drug-likeness (QED) is 0.516. The maximum absolute atomic E-state index is 12.1. The number of morpholine rings is 1. The van der Waals surface area contributed by atoms with Gasteiger partial charge in [0.05, 0.1) is 25.8 Å². The summed E-state index contributed by atoms with van der Waals surface area (Å²) in [6.45, 7) is 2.55. The van der Waals surface area contributed by atoms with Crippen molar-refractivity contribution in [3.05, 3.63) is 34.3 Å². The first-order valence-corrected chi connectivity index (χ1v) is 8.77. The molecule has 1 heterocycles. The van der Waals surface area contributed by atoms with E-state index >= 15 is 0 Å². The van der Waals surface area contributed by atoms with E-state index in [0.717, 1.165) is 4.90 Å². The Morgan fingerprint density at radius 3 is 2.52 bits per heavy atom. The number of nitrogens with zero attached hydrogens (tertiary/aromatic N) is 1. The summed E-state index contributed by atoms with van der Waals surface area (Å²) in [7, 11) is 1.76. The maximum Gasteiger partial charge on any atom is 0.293 e. The average Bonchev–Trinajstić information content (AvgIpc) is 2.60. The van der Waals surface area contributed by atoms with Gasteiger partial charge in [-0.1, -0.05) is 12.1 Å². The van der Waals surface area contributed by atoms with Crippen molar-refractivity contribution in [2.45, 2.75) is 0 Å². The van der Waals surface area contributed by atoms with Crippen molar-refractivity contribution in [1.82, 2.24) is 15.8 Å². The number of quaternary nitrogens is 1. The molecule has 1 aliphatic heterocycles. The van der Waals surface area contributed by atoms with E-state index in [2.05, 4.69) is 26.8 Å². The summed E-state index contributed by atoms with van der Waals surface area (Å²) in [5.41, 5.74) is 5.16. The number of halogens is 1. The van der Waals surface area contributed by atoms with Crippen LogP contribution in [0.5, 0.6) is 0 Å². The number of amides is 3. The molecule has 0 aromatic heterocycles. The summed E-state index contributed by atoms with van der Waals surface area (Å²) in [5.74, 6) is -0.790. The van der Waals surface area contributed by atoms with Crippen LogP contribution in [0.3, 0.4) is 0 Å². The molecule has 1 aromatic carbocycles. The lowest BCUT2D eigenvalue weighted by Gasteiger charge is -2.27. The normalized spacial score (nSPS) is 15.4. The van der Waals surface area contributed by atoms with Crippen molar-refractivity contribution < 1.29 is 24.0 Å². The molecule has 0 radical (unpaired) electrons. The number of nitrogens with one attached hydrogen (secondary N) is 3. The molecule has 0 aliphatic carbocycles. The number of carbonyl (C=O) groups is 3. The fourth-order valence-corrected chi connectivity index (χ4v) is 2.87. The second-order valence-electron chi connectivity index (χ2n) is 5.79. The Balaban J connectivity index is 1.73. The summed E-state index contributed by atoms with van der Waals surface area (Å²) in [5, 5.41) is 0. The Bertz CT molecular complexity index is 634. The highest BCUT2D eigenvalue weighted by Crippen LogP contribution is 2.14. The van der Waals surface area contributed by atoms with Gasteiger partial charge >= 0.3 is 0 Å². The Kier molecular flexibility index (Phi) is 7.35. The molecule has 1 unspecified atom stereocenters. The molecule has 136 valence electrons. The fourth-order valence-electron chi connectivity index (χ4n) is 2.40. The molecule has 1 saturated heterocycles. The van der Waals surface area contributed by atoms with Gasteiger partial charge in [-0.15, -0.1) is 0 Å². The average molecular weight is 414 g/mol. The first-order chi connectivity index (χ1) is 12.0. The summed E-state index contributed by atoms with van der Waals surface area (Å²) in [4.78, 5) is 38.5. The number of hydrogen-bond donors (Lipinski definition) is 3. The Morgan fingerprint density at radius 2 is 1.84 bits per heavy atom. The highest BCUT2D eigenvalue weighted by atomic mass is 79.9. The van der Waals surface area contributed by atoms with Crippen LogP contribution in [0.2, 0.25) is 0 Å². The number of carbonyl (C=O) groups excluding carboxylic acids is 3. The Labute approximate surface area is 154 Å². The minimum absolute atomic E-state index is 0.00847. The van der Waals surface area contributed by atoms with Crippen LogP contribution in [0.1, 0.15) is 10.4 Å². The third-order valence-corrected chi connectivity index (χ3v) is 4.40. The summed E-state index contributed by atoms with van der Waals surface area (Å²) >= 11 is 3.28. The molecule has 1 aliphatic rings. The number of hydrazine groups is 1. The monoisotopic (exact) mass is 413 g/mol. The zero-order chi connectivity index (χ0) is 18.2. The molecular weight excluding hydrogens is 392 g/mol. The third-order valence-electron chi connectivity index (χ3n) is 3.71. The summed E-state index contributed by atoms with van der Waals surface area (Å²) < 4.78 is 5.85. The first kappa shape index (κ1) is 19.4. The van der Waals surface area contributed by atoms with E-state index in [1.165, 1.54) is 0 Å². The number of likely N-dealkylation sites (N-methyl/N-ethyl adjacent to an activating group) is 1. The second kappa shape index (κ2) is 9.50. The van der Waals surface area contributed by atoms with Crippen molar-refractivity contribution in [2.24, 2.45) is 0 Å². The number of ether oxygens (including phenoxy) is 1. The molecule has 3 N–H and O–H groups in total. The van der Waals surface area contributed by atoms with Crippen molar-refractivity contribution >= 4 is 33.7 Å². The lowest BCUT2D eigenvalue weighted by atomic mass is 10.2. The van der Waals surface area contributed by atoms with Gasteiger partial charge in [0.15, 0.2) is 13.1 Å². The molecule has 1 fully saturated rings. The molecule has 0 spiro atoms. The SMILES string of the molecule is C[NH+](CC(=O)NNC(=O)c1ccccc1Br)CC(=O)N1CCOCC1. The van der Waals surface area contributed by atoms with Crippen molar-refractivity contribution in [1.29, 1.82) is 0 Å². The summed E-state index contributed by atoms with van der Waals surface area (Å²) in [6.07, 6.45) is 0. The van der Waals surface area contributed by atoms with E-state index in [1.807, 2.05) is 0 Å². The predicted molar refractivity (Wildman–Crippen MR) is 93.8 cm³/mol. The van der Waals surface area contributed by atoms with Crippen LogP contribution >= 0.6 is 15.9 Å². The predicted octanol–water partition coefficient (Wildman–Crippen LogP) is -1.42. The summed E-state index contributed by atoms with van der Waals surface area (Å²) in [6, 6.07) is 6.91. The molecule has 2 rings (SSSR count). The molecule has 9 heteroatoms. The smallest absolute Gasteiger partial charge is 0.293 e. The molecule has 25 heavy (non-hydrogen) atoms. The minimum atomic E-state index is -0.414. The highest BCUT2D eigenvalue weighted by Gasteiger charge is 2.21. The van der Waals surface area contributed by atoms with Crippen molar-refractivity contribution in [2.75, 3.05) is 46.4 Å². The molecule has 3 amide bonds. The van der Waals surface area contributed by atoms with E-state index in [1.54, 1.807) is 36.2 Å². The van der Waals surface area contributed by atoms with Gasteiger partial charge in [-0.25, -0.2) is 0 Å². The second-order valence-corrected chi connectivity index (χ2v) is 6.64. The molecule has 1 atom stereocenters. The Hall–Kier alpha value is -1.97. The van der Waals surface area contributed by atoms with E-state index in [0.29, 0.717) is 36.3 Å². The van der Waals surface area contributed by atoms with Gasteiger partial charge in [0, 0.05) is 17.6 Å². The van der Waals surface area contributed by atoms with Crippen LogP contribution in [0, 0.1) is 0 Å². The zero-order valence-corrected chi connectivity index (χ0v) is 15.6. The maximum atomic E-state index is 12.1. The van der Waals surface area contributed by atoms with Gasteiger partial charge in [0.25, 0.3) is 17.7 Å². The van der Waals surface area contributed by atoms with Crippen LogP contribution in [0.15, 0.2) is 28.7 Å². The number of hydrogen-bond acceptors (Lipinski definition) is 4. The van der Waals surface area contributed by atoms with E-state index in [-0.39, 0.29) is 24.9 Å². The van der Waals surface area contributed by atoms with Gasteiger partial charge in [0.1, 0.15) is 0 Å². The van der Waals surface area contributed by atoms with Gasteiger partial charge in [0.2, 0.25) is 0 Å². The number of rotatable bonds is 5. The fraction of sp³-hybridized carbons (Fsp3) is 0.438. The van der Waals surface area contributed by atoms with E-state index < -0.39 is 5.91 Å². The molecule has 8 nitrogen and oxygen atoms in total. The van der Waals surface area contributed by atoms with Gasteiger partial charge in [-0.05, 0) is 28.1 Å². The lowest BCUT2D eigenvalue weighted by Crippen LogP contribution is -3.11. The number of benzene rings is 1. The van der Waals surface area contributed by atoms with E-state index in [4.69, 9.17) is 4.74 Å². The topological polar surface area (TPSA) is 92.2 Å². The molecule has 0 bridgehead atoms. The molecule has 0 saturated carbocycles. The van der Waals surface area contributed by atoms with Crippen LogP contribution in [-0.2, 0) is 14.3 Å². The first-order valence-electron chi connectivity index (χ1n) is 7.98. The standard InChI is InChI=1S/C16H21BrN4O4/c1-20(11-15(23)21-6-8-25-9-7-21)10-14(22)18-19-16(24)12-4-2-3-5-13(12)17/h2-5H,6-11H2,1H3,(H,18,22)(H,19,24)/p+1. The third kappa shape index (κ3) is 6.11. The van der Waals surface area contributed by atoms with E-state index in [9.17, 15) is 14.4 Å². The van der Waals surface area contributed by atoms with Gasteiger partial charge in [-0.2, -0.15) is 0 Å². The largest absolute Gasteiger partial charge is 0.378 e. The van der Waals surface area contributed by atoms with Crippen LogP contribution in [0.4, 0.5) is 0 Å². The lowest BCUT2D eigenvalue weighted by molar-refractivity contribution is -0.863. The van der Waals surface area contributed by atoms with Gasteiger partial charge in [-0.3, -0.25) is 25.2 Å². The zero-order valence-electron chi connectivity index (χ0n) is 14.0. The minimum Gasteiger partial charge on any atom is -0.378 e. The molecule has 1 aromatic rings. The van der Waals surface area contributed by atoms with Crippen LogP contribution in [0.25, 0.3) is 0 Å². The Morgan fingerprint density at radius 1 is 1.16 bits per heavy atom. The van der Waals surface area contributed by atoms with Crippen molar-refractivity contribution in [3.63, 3.8) is 0 Å². The van der Waals surface area contributed by atoms with Gasteiger partial charge < -0.3 is 14.5 Å². The van der Waals surface area contributed by atoms with Crippen LogP contribution < -0.4 is 15.8 Å². The van der Waals surface area contributed by atoms with Crippen LogP contribution in [-0.4, -0.2) is 69.1 Å². The highest BCUT2D eigenvalue weighted by molar-refractivity contribution is 9.10. The van der Waals surface area contributed by atoms with Crippen molar-refractivity contribution in [3.8, 4) is 0 Å².